The van der Waals surface area contributed by atoms with E-state index in [1.54, 1.807) is 0 Å². The second-order valence-corrected chi connectivity index (χ2v) is 6.63. The fourth-order valence-electron chi connectivity index (χ4n) is 2.89. The summed E-state index contributed by atoms with van der Waals surface area (Å²) in [6.45, 7) is 7.17. The van der Waals surface area contributed by atoms with Crippen LogP contribution in [0, 0.1) is 0 Å². The molecule has 1 aromatic rings. The minimum Gasteiger partial charge on any atom is -0.357 e. The van der Waals surface area contributed by atoms with E-state index in [1.807, 2.05) is 43.0 Å². The number of hydrogen-bond donors (Lipinski definition) is 3. The Hall–Kier alpha value is -2.57. The van der Waals surface area contributed by atoms with E-state index in [2.05, 4.69) is 20.9 Å². The summed E-state index contributed by atoms with van der Waals surface area (Å²) in [6.07, 6.45) is 3.54. The van der Waals surface area contributed by atoms with Gasteiger partial charge in [0.2, 0.25) is 11.8 Å². The highest BCUT2D eigenvalue weighted by atomic mass is 16.2. The van der Waals surface area contributed by atoms with E-state index in [9.17, 15) is 9.59 Å². The fraction of sp³-hybridized carbons (Fsp3) is 0.550. The molecule has 148 valence electrons. The van der Waals surface area contributed by atoms with E-state index in [0.29, 0.717) is 18.9 Å². The largest absolute Gasteiger partial charge is 0.357 e. The van der Waals surface area contributed by atoms with Gasteiger partial charge >= 0.3 is 0 Å². The molecule has 1 aromatic carbocycles. The lowest BCUT2D eigenvalue weighted by atomic mass is 10.2. The normalized spacial score (nSPS) is 14.1. The molecule has 0 aliphatic carbocycles. The maximum absolute atomic E-state index is 12.1. The Bertz CT molecular complexity index is 636. The van der Waals surface area contributed by atoms with Crippen molar-refractivity contribution in [3.63, 3.8) is 0 Å². The molecular weight excluding hydrogens is 342 g/mol. The van der Waals surface area contributed by atoms with Gasteiger partial charge in [0.1, 0.15) is 0 Å². The molecule has 1 aliphatic rings. The molecule has 3 N–H and O–H groups in total. The maximum atomic E-state index is 12.1. The van der Waals surface area contributed by atoms with Gasteiger partial charge in [-0.15, -0.1) is 0 Å². The number of benzene rings is 1. The van der Waals surface area contributed by atoms with E-state index in [-0.39, 0.29) is 18.4 Å². The number of carbonyl (C=O) groups excluding carboxylic acids is 2. The van der Waals surface area contributed by atoms with Crippen LogP contribution in [0.3, 0.4) is 0 Å². The molecule has 7 nitrogen and oxygen atoms in total. The summed E-state index contributed by atoms with van der Waals surface area (Å²) in [4.78, 5) is 30.2. The van der Waals surface area contributed by atoms with Gasteiger partial charge in [0.05, 0.1) is 13.1 Å². The van der Waals surface area contributed by atoms with Gasteiger partial charge in [0.15, 0.2) is 5.96 Å². The third kappa shape index (κ3) is 7.29. The summed E-state index contributed by atoms with van der Waals surface area (Å²) in [5.74, 6) is 0.778. The van der Waals surface area contributed by atoms with Gasteiger partial charge in [0, 0.05) is 31.7 Å². The number of nitrogens with zero attached hydrogens (tertiary/aromatic N) is 2. The van der Waals surface area contributed by atoms with Crippen molar-refractivity contribution in [3.05, 3.63) is 29.8 Å². The average Bonchev–Trinajstić information content (AvgIpc) is 3.20. The van der Waals surface area contributed by atoms with E-state index >= 15 is 0 Å². The van der Waals surface area contributed by atoms with Gasteiger partial charge in [-0.1, -0.05) is 19.1 Å². The summed E-state index contributed by atoms with van der Waals surface area (Å²) in [7, 11) is 0. The first kappa shape index (κ1) is 20.7. The average molecular weight is 374 g/mol. The Morgan fingerprint density at radius 2 is 1.78 bits per heavy atom. The van der Waals surface area contributed by atoms with Crippen LogP contribution in [0.5, 0.6) is 0 Å². The molecule has 0 radical (unpaired) electrons. The van der Waals surface area contributed by atoms with Gasteiger partial charge in [-0.05, 0) is 43.9 Å². The molecular formula is C20H31N5O2. The van der Waals surface area contributed by atoms with Gasteiger partial charge < -0.3 is 20.9 Å². The van der Waals surface area contributed by atoms with Crippen LogP contribution in [0.1, 0.15) is 45.1 Å². The highest BCUT2D eigenvalue weighted by molar-refractivity contribution is 5.90. The fourth-order valence-corrected chi connectivity index (χ4v) is 2.89. The predicted octanol–water partition coefficient (Wildman–Crippen LogP) is 2.10. The van der Waals surface area contributed by atoms with Crippen LogP contribution < -0.4 is 16.0 Å². The Morgan fingerprint density at radius 3 is 2.41 bits per heavy atom. The van der Waals surface area contributed by atoms with E-state index in [1.165, 1.54) is 0 Å². The number of guanidine groups is 1. The van der Waals surface area contributed by atoms with Crippen LogP contribution in [0.25, 0.3) is 0 Å². The summed E-state index contributed by atoms with van der Waals surface area (Å²) in [6, 6.07) is 7.67. The standard InChI is InChI=1S/C20H31N5O2/c1-3-7-18(26)24-17-10-8-16(9-11-17)14-22-20(21-4-2)23-15-19(27)25-12-5-6-13-25/h8-11H,3-7,12-15H2,1-2H3,(H,24,26)(H2,21,22,23). The molecule has 1 saturated heterocycles. The van der Waals surface area contributed by atoms with Crippen LogP contribution in [0.4, 0.5) is 5.69 Å². The van der Waals surface area contributed by atoms with Crippen LogP contribution in [0.2, 0.25) is 0 Å². The number of amides is 2. The number of rotatable bonds is 8. The van der Waals surface area contributed by atoms with Crippen LogP contribution >= 0.6 is 0 Å². The molecule has 1 aliphatic heterocycles. The third-order valence-electron chi connectivity index (χ3n) is 4.34. The molecule has 0 unspecified atom stereocenters. The monoisotopic (exact) mass is 373 g/mol. The van der Waals surface area contributed by atoms with Crippen molar-refractivity contribution in [2.45, 2.75) is 46.1 Å². The first-order valence-corrected chi connectivity index (χ1v) is 9.81. The number of aliphatic imine (C=N–C) groups is 1. The van der Waals surface area contributed by atoms with Crippen LogP contribution in [-0.2, 0) is 16.1 Å². The first-order chi connectivity index (χ1) is 13.1. The van der Waals surface area contributed by atoms with Gasteiger partial charge in [-0.25, -0.2) is 4.99 Å². The maximum Gasteiger partial charge on any atom is 0.241 e. The van der Waals surface area contributed by atoms with E-state index in [0.717, 1.165) is 50.1 Å². The van der Waals surface area contributed by atoms with E-state index < -0.39 is 0 Å². The Balaban J connectivity index is 1.85. The van der Waals surface area contributed by atoms with Crippen molar-refractivity contribution < 1.29 is 9.59 Å². The summed E-state index contributed by atoms with van der Waals surface area (Å²) in [5.41, 5.74) is 1.83. The lowest BCUT2D eigenvalue weighted by Gasteiger charge is -2.17. The van der Waals surface area contributed by atoms with Crippen LogP contribution in [0.15, 0.2) is 29.3 Å². The van der Waals surface area contributed by atoms with E-state index in [4.69, 9.17) is 0 Å². The second-order valence-electron chi connectivity index (χ2n) is 6.63. The molecule has 27 heavy (non-hydrogen) atoms. The Morgan fingerprint density at radius 1 is 1.07 bits per heavy atom. The molecule has 1 heterocycles. The van der Waals surface area contributed by atoms with Crippen LogP contribution in [-0.4, -0.2) is 48.9 Å². The van der Waals surface area contributed by atoms with Crippen molar-refractivity contribution >= 4 is 23.5 Å². The number of anilines is 1. The zero-order chi connectivity index (χ0) is 19.5. The van der Waals surface area contributed by atoms with Crippen molar-refractivity contribution in [1.29, 1.82) is 0 Å². The SMILES string of the molecule is CCCC(=O)Nc1ccc(CN=C(NCC)NCC(=O)N2CCCC2)cc1. The number of likely N-dealkylation sites (tertiary alicyclic amines) is 1. The zero-order valence-electron chi connectivity index (χ0n) is 16.4. The topological polar surface area (TPSA) is 85.8 Å². The minimum absolute atomic E-state index is 0.0320. The second kappa shape index (κ2) is 11.2. The number of hydrogen-bond acceptors (Lipinski definition) is 3. The summed E-state index contributed by atoms with van der Waals surface area (Å²) >= 11 is 0. The molecule has 0 spiro atoms. The quantitative estimate of drug-likeness (QED) is 0.481. The van der Waals surface area contributed by atoms with Crippen molar-refractivity contribution in [3.8, 4) is 0 Å². The molecule has 7 heteroatoms. The molecule has 2 amide bonds. The lowest BCUT2D eigenvalue weighted by Crippen LogP contribution is -2.44. The number of nitrogens with one attached hydrogen (secondary N) is 3. The Kier molecular flexibility index (Phi) is 8.61. The Labute approximate surface area is 161 Å². The predicted molar refractivity (Wildman–Crippen MR) is 109 cm³/mol. The van der Waals surface area contributed by atoms with Crippen molar-refractivity contribution in [1.82, 2.24) is 15.5 Å². The van der Waals surface area contributed by atoms with Gasteiger partial charge in [-0.2, -0.15) is 0 Å². The highest BCUT2D eigenvalue weighted by Crippen LogP contribution is 2.11. The zero-order valence-corrected chi connectivity index (χ0v) is 16.4. The summed E-state index contributed by atoms with van der Waals surface area (Å²) < 4.78 is 0. The highest BCUT2D eigenvalue weighted by Gasteiger charge is 2.17. The molecule has 0 aromatic heterocycles. The molecule has 1 fully saturated rings. The molecule has 0 bridgehead atoms. The molecule has 0 atom stereocenters. The smallest absolute Gasteiger partial charge is 0.241 e. The number of carbonyl (C=O) groups is 2. The van der Waals surface area contributed by atoms with Gasteiger partial charge in [0.25, 0.3) is 0 Å². The summed E-state index contributed by atoms with van der Waals surface area (Å²) in [5, 5.41) is 9.14. The third-order valence-corrected chi connectivity index (χ3v) is 4.34. The lowest BCUT2D eigenvalue weighted by molar-refractivity contribution is -0.128. The minimum atomic E-state index is 0.0320. The first-order valence-electron chi connectivity index (χ1n) is 9.81. The van der Waals surface area contributed by atoms with Crippen molar-refractivity contribution in [2.75, 3.05) is 31.5 Å². The van der Waals surface area contributed by atoms with Crippen molar-refractivity contribution in [2.24, 2.45) is 4.99 Å². The molecule has 0 saturated carbocycles. The molecule has 2 rings (SSSR count). The van der Waals surface area contributed by atoms with Gasteiger partial charge in [-0.3, -0.25) is 9.59 Å².